The Hall–Kier alpha value is -1.56. The van der Waals surface area contributed by atoms with Crippen LogP contribution < -0.4 is 4.74 Å². The van der Waals surface area contributed by atoms with Crippen LogP contribution in [0.2, 0.25) is 0 Å². The van der Waals surface area contributed by atoms with E-state index in [0.29, 0.717) is 51.5 Å². The zero-order valence-corrected chi connectivity index (χ0v) is 16.0. The van der Waals surface area contributed by atoms with Crippen LogP contribution in [0.1, 0.15) is 32.1 Å². The maximum Gasteiger partial charge on any atom is 0.225 e. The minimum atomic E-state index is 0.161. The summed E-state index contributed by atoms with van der Waals surface area (Å²) in [5.41, 5.74) is 0. The average Bonchev–Trinajstić information content (AvgIpc) is 2.57. The van der Waals surface area contributed by atoms with Crippen molar-refractivity contribution in [3.8, 4) is 5.75 Å². The summed E-state index contributed by atoms with van der Waals surface area (Å²) >= 11 is 3.41. The normalized spacial score (nSPS) is 18.0. The highest BCUT2D eigenvalue weighted by Gasteiger charge is 2.31. The van der Waals surface area contributed by atoms with Crippen LogP contribution in [0.4, 0.5) is 0 Å². The maximum absolute atomic E-state index is 12.3. The molecule has 3 rings (SSSR count). The fourth-order valence-electron chi connectivity index (χ4n) is 3.22. The molecule has 25 heavy (non-hydrogen) atoms. The topological polar surface area (TPSA) is 49.9 Å². The lowest BCUT2D eigenvalue weighted by molar-refractivity contribution is -0.144. The Balaban J connectivity index is 1.33. The number of carbonyl (C=O) groups is 2. The summed E-state index contributed by atoms with van der Waals surface area (Å²) in [6.07, 6.45) is 4.44. The second-order valence-corrected chi connectivity index (χ2v) is 7.66. The van der Waals surface area contributed by atoms with Gasteiger partial charge < -0.3 is 14.5 Å². The monoisotopic (exact) mass is 408 g/mol. The van der Waals surface area contributed by atoms with E-state index < -0.39 is 0 Å². The number of benzene rings is 1. The van der Waals surface area contributed by atoms with Gasteiger partial charge in [0.15, 0.2) is 0 Å². The second-order valence-electron chi connectivity index (χ2n) is 6.74. The number of ether oxygens (including phenoxy) is 1. The Morgan fingerprint density at radius 1 is 1.12 bits per heavy atom. The fraction of sp³-hybridized carbons (Fsp3) is 0.579. The van der Waals surface area contributed by atoms with Crippen LogP contribution in [0, 0.1) is 5.92 Å². The van der Waals surface area contributed by atoms with Crippen molar-refractivity contribution in [3.63, 3.8) is 0 Å². The van der Waals surface area contributed by atoms with Gasteiger partial charge in [0.2, 0.25) is 11.8 Å². The first-order valence-corrected chi connectivity index (χ1v) is 9.88. The summed E-state index contributed by atoms with van der Waals surface area (Å²) < 4.78 is 6.65. The van der Waals surface area contributed by atoms with Gasteiger partial charge in [0, 0.05) is 43.0 Å². The molecule has 0 aromatic heterocycles. The summed E-state index contributed by atoms with van der Waals surface area (Å²) in [7, 11) is 0. The predicted molar refractivity (Wildman–Crippen MR) is 99.4 cm³/mol. The first kappa shape index (κ1) is 18.2. The molecule has 1 heterocycles. The Labute approximate surface area is 157 Å². The molecule has 1 saturated heterocycles. The number of rotatable bonds is 6. The summed E-state index contributed by atoms with van der Waals surface area (Å²) in [5, 5.41) is 0. The van der Waals surface area contributed by atoms with Crippen LogP contribution in [-0.2, 0) is 9.59 Å². The highest BCUT2D eigenvalue weighted by Crippen LogP contribution is 2.28. The van der Waals surface area contributed by atoms with E-state index in [2.05, 4.69) is 15.9 Å². The molecule has 0 atom stereocenters. The average molecular weight is 409 g/mol. The van der Waals surface area contributed by atoms with Gasteiger partial charge >= 0.3 is 0 Å². The van der Waals surface area contributed by atoms with Crippen LogP contribution in [0.15, 0.2) is 28.7 Å². The fourth-order valence-corrected chi connectivity index (χ4v) is 3.60. The van der Waals surface area contributed by atoms with Crippen LogP contribution in [0.25, 0.3) is 0 Å². The largest absolute Gasteiger partial charge is 0.494 e. The lowest BCUT2D eigenvalue weighted by atomic mass is 9.84. The molecule has 5 nitrogen and oxygen atoms in total. The number of hydrogen-bond acceptors (Lipinski definition) is 3. The summed E-state index contributed by atoms with van der Waals surface area (Å²) in [6, 6.07) is 7.70. The molecule has 0 bridgehead atoms. The Morgan fingerprint density at radius 2 is 1.84 bits per heavy atom. The van der Waals surface area contributed by atoms with E-state index in [-0.39, 0.29) is 11.8 Å². The third kappa shape index (κ3) is 4.97. The molecule has 1 aromatic rings. The molecule has 0 spiro atoms. The molecule has 1 aromatic carbocycles. The molecule has 2 amide bonds. The van der Waals surface area contributed by atoms with Gasteiger partial charge in [-0.15, -0.1) is 0 Å². The molecule has 2 fully saturated rings. The van der Waals surface area contributed by atoms with E-state index in [1.807, 2.05) is 34.1 Å². The Bertz CT molecular complexity index is 610. The highest BCUT2D eigenvalue weighted by molar-refractivity contribution is 9.10. The van der Waals surface area contributed by atoms with Crippen LogP contribution in [0.3, 0.4) is 0 Å². The maximum atomic E-state index is 12.3. The van der Waals surface area contributed by atoms with E-state index in [1.54, 1.807) is 0 Å². The minimum Gasteiger partial charge on any atom is -0.494 e. The van der Waals surface area contributed by atoms with Crippen LogP contribution in [0.5, 0.6) is 5.75 Å². The molecular weight excluding hydrogens is 384 g/mol. The van der Waals surface area contributed by atoms with Crippen molar-refractivity contribution >= 4 is 27.7 Å². The van der Waals surface area contributed by atoms with Gasteiger partial charge in [0.05, 0.1) is 6.61 Å². The third-order valence-electron chi connectivity index (χ3n) is 5.00. The van der Waals surface area contributed by atoms with Crippen molar-refractivity contribution in [2.24, 2.45) is 5.92 Å². The van der Waals surface area contributed by atoms with Gasteiger partial charge in [-0.05, 0) is 37.5 Å². The highest BCUT2D eigenvalue weighted by atomic mass is 79.9. The zero-order chi connectivity index (χ0) is 17.6. The predicted octanol–water partition coefficient (Wildman–Crippen LogP) is 3.08. The lowest BCUT2D eigenvalue weighted by Gasteiger charge is -2.38. The van der Waals surface area contributed by atoms with Crippen molar-refractivity contribution < 1.29 is 14.3 Å². The second kappa shape index (κ2) is 8.70. The van der Waals surface area contributed by atoms with Crippen molar-refractivity contribution in [3.05, 3.63) is 28.7 Å². The van der Waals surface area contributed by atoms with Crippen molar-refractivity contribution in [2.75, 3.05) is 32.8 Å². The smallest absolute Gasteiger partial charge is 0.225 e. The molecule has 136 valence electrons. The number of piperazine rings is 1. The van der Waals surface area contributed by atoms with Crippen molar-refractivity contribution in [1.82, 2.24) is 9.80 Å². The summed E-state index contributed by atoms with van der Waals surface area (Å²) in [5.74, 6) is 1.51. The molecule has 1 aliphatic heterocycles. The lowest BCUT2D eigenvalue weighted by Crippen LogP contribution is -2.52. The first-order chi connectivity index (χ1) is 12.1. The van der Waals surface area contributed by atoms with E-state index in [9.17, 15) is 9.59 Å². The van der Waals surface area contributed by atoms with Gasteiger partial charge in [-0.1, -0.05) is 28.4 Å². The van der Waals surface area contributed by atoms with E-state index in [4.69, 9.17) is 4.74 Å². The van der Waals surface area contributed by atoms with Gasteiger partial charge in [-0.25, -0.2) is 0 Å². The summed E-state index contributed by atoms with van der Waals surface area (Å²) in [4.78, 5) is 28.3. The molecule has 0 radical (unpaired) electrons. The van der Waals surface area contributed by atoms with Crippen LogP contribution >= 0.6 is 15.9 Å². The molecule has 1 saturated carbocycles. The first-order valence-electron chi connectivity index (χ1n) is 9.08. The minimum absolute atomic E-state index is 0.161. The number of nitrogens with zero attached hydrogens (tertiary/aromatic N) is 2. The molecule has 0 N–H and O–H groups in total. The SMILES string of the molecule is O=C(CCCOc1cccc(Br)c1)N1CCN(C(=O)C2CCC2)CC1. The van der Waals surface area contributed by atoms with E-state index >= 15 is 0 Å². The quantitative estimate of drug-likeness (QED) is 0.679. The van der Waals surface area contributed by atoms with Gasteiger partial charge in [0.25, 0.3) is 0 Å². The van der Waals surface area contributed by atoms with Gasteiger partial charge in [-0.3, -0.25) is 9.59 Å². The van der Waals surface area contributed by atoms with E-state index in [1.165, 1.54) is 6.42 Å². The molecular formula is C19H25BrN2O3. The third-order valence-corrected chi connectivity index (χ3v) is 5.49. The molecule has 0 unspecified atom stereocenters. The molecule has 6 heteroatoms. The van der Waals surface area contributed by atoms with Gasteiger partial charge in [0.1, 0.15) is 5.75 Å². The van der Waals surface area contributed by atoms with Crippen LogP contribution in [-0.4, -0.2) is 54.4 Å². The number of amides is 2. The van der Waals surface area contributed by atoms with Gasteiger partial charge in [-0.2, -0.15) is 0 Å². The van der Waals surface area contributed by atoms with Crippen molar-refractivity contribution in [1.29, 1.82) is 0 Å². The van der Waals surface area contributed by atoms with E-state index in [0.717, 1.165) is 23.1 Å². The number of halogens is 1. The Morgan fingerprint density at radius 3 is 2.48 bits per heavy atom. The zero-order valence-electron chi connectivity index (χ0n) is 14.5. The molecule has 1 aliphatic carbocycles. The number of carbonyl (C=O) groups excluding carboxylic acids is 2. The summed E-state index contributed by atoms with van der Waals surface area (Å²) in [6.45, 7) is 3.20. The number of hydrogen-bond donors (Lipinski definition) is 0. The van der Waals surface area contributed by atoms with Crippen molar-refractivity contribution in [2.45, 2.75) is 32.1 Å². The Kier molecular flexibility index (Phi) is 6.34. The standard InChI is InChI=1S/C19H25BrN2O3/c20-16-6-2-7-17(14-16)25-13-3-8-18(23)21-9-11-22(12-10-21)19(24)15-4-1-5-15/h2,6-7,14-15H,1,3-5,8-13H2. The molecule has 2 aliphatic rings.